The molecule has 7 nitrogen and oxygen atoms in total. The number of hydrogen-bond acceptors (Lipinski definition) is 5. The second-order valence-corrected chi connectivity index (χ2v) is 5.39. The van der Waals surface area contributed by atoms with Crippen molar-refractivity contribution in [1.29, 1.82) is 0 Å². The van der Waals surface area contributed by atoms with Crippen LogP contribution in [0.15, 0.2) is 27.8 Å². The molecule has 9 heteroatoms. The van der Waals surface area contributed by atoms with Crippen LogP contribution in [0.1, 0.15) is 23.7 Å². The quantitative estimate of drug-likeness (QED) is 0.215. The molecule has 2 aromatic heterocycles. The number of pyridine rings is 1. The number of nitrogens with one attached hydrogen (secondary N) is 2. The van der Waals surface area contributed by atoms with Gasteiger partial charge in [-0.15, -0.1) is 24.0 Å². The molecule has 2 heterocycles. The average molecular weight is 465 g/mol. The highest BCUT2D eigenvalue weighted by molar-refractivity contribution is 14.0. The van der Waals surface area contributed by atoms with Crippen LogP contribution < -0.4 is 10.6 Å². The van der Waals surface area contributed by atoms with Gasteiger partial charge in [0.1, 0.15) is 5.15 Å². The van der Waals surface area contributed by atoms with E-state index >= 15 is 0 Å². The molecule has 0 amide bonds. The lowest BCUT2D eigenvalue weighted by atomic mass is 10.2. The summed E-state index contributed by atoms with van der Waals surface area (Å²) in [6.45, 7) is 3.36. The Labute approximate surface area is 163 Å². The smallest absolute Gasteiger partial charge is 0.226 e. The van der Waals surface area contributed by atoms with Crippen molar-refractivity contribution in [2.24, 2.45) is 4.99 Å². The van der Waals surface area contributed by atoms with Crippen molar-refractivity contribution in [3.8, 4) is 0 Å². The molecule has 132 valence electrons. The van der Waals surface area contributed by atoms with E-state index in [0.29, 0.717) is 16.9 Å². The summed E-state index contributed by atoms with van der Waals surface area (Å²) < 4.78 is 5.07. The van der Waals surface area contributed by atoms with Gasteiger partial charge in [0.2, 0.25) is 5.89 Å². The summed E-state index contributed by atoms with van der Waals surface area (Å²) in [5, 5.41) is 10.8. The number of aromatic nitrogens is 3. The highest BCUT2D eigenvalue weighted by atomic mass is 127. The van der Waals surface area contributed by atoms with Crippen LogP contribution in [-0.4, -0.2) is 41.2 Å². The molecule has 0 radical (unpaired) electrons. The van der Waals surface area contributed by atoms with Gasteiger partial charge >= 0.3 is 0 Å². The van der Waals surface area contributed by atoms with Gasteiger partial charge in [0.25, 0.3) is 0 Å². The second-order valence-electron chi connectivity index (χ2n) is 5.00. The van der Waals surface area contributed by atoms with E-state index in [0.717, 1.165) is 43.9 Å². The van der Waals surface area contributed by atoms with Crippen molar-refractivity contribution in [1.82, 2.24) is 25.8 Å². The lowest BCUT2D eigenvalue weighted by Gasteiger charge is -2.11. The van der Waals surface area contributed by atoms with Gasteiger partial charge in [-0.2, -0.15) is 4.98 Å². The van der Waals surface area contributed by atoms with Crippen LogP contribution in [-0.2, 0) is 12.8 Å². The molecular weight excluding hydrogens is 443 g/mol. The van der Waals surface area contributed by atoms with Gasteiger partial charge in [-0.25, -0.2) is 4.98 Å². The fraction of sp³-hybridized carbons (Fsp3) is 0.467. The minimum absolute atomic E-state index is 0. The first-order chi connectivity index (χ1) is 11.2. The maximum atomic E-state index is 5.76. The summed E-state index contributed by atoms with van der Waals surface area (Å²) in [7, 11) is 1.75. The molecular formula is C15H22ClIN6O. The van der Waals surface area contributed by atoms with E-state index in [9.17, 15) is 0 Å². The van der Waals surface area contributed by atoms with Crippen molar-refractivity contribution >= 4 is 41.5 Å². The fourth-order valence-corrected chi connectivity index (χ4v) is 2.10. The Morgan fingerprint density at radius 1 is 1.25 bits per heavy atom. The molecule has 0 aliphatic carbocycles. The number of guanidine groups is 1. The van der Waals surface area contributed by atoms with E-state index in [1.165, 1.54) is 0 Å². The third-order valence-corrected chi connectivity index (χ3v) is 3.37. The Morgan fingerprint density at radius 2 is 2.04 bits per heavy atom. The summed E-state index contributed by atoms with van der Waals surface area (Å²) in [6, 6.07) is 3.77. The van der Waals surface area contributed by atoms with E-state index in [2.05, 4.69) is 30.8 Å². The van der Waals surface area contributed by atoms with Gasteiger partial charge in [0.05, 0.1) is 0 Å². The van der Waals surface area contributed by atoms with Gasteiger partial charge in [0.15, 0.2) is 11.8 Å². The number of hydrogen-bond donors (Lipinski definition) is 2. The first-order valence-electron chi connectivity index (χ1n) is 7.51. The zero-order chi connectivity index (χ0) is 16.5. The summed E-state index contributed by atoms with van der Waals surface area (Å²) in [4.78, 5) is 12.4. The number of aliphatic imine (C=N–C) groups is 1. The summed E-state index contributed by atoms with van der Waals surface area (Å²) in [6.07, 6.45) is 4.28. The van der Waals surface area contributed by atoms with E-state index in [4.69, 9.17) is 16.1 Å². The molecule has 0 aliphatic rings. The first kappa shape index (κ1) is 20.6. The van der Waals surface area contributed by atoms with Gasteiger partial charge in [-0.3, -0.25) is 4.99 Å². The summed E-state index contributed by atoms with van der Waals surface area (Å²) in [5.41, 5.74) is 1.13. The van der Waals surface area contributed by atoms with Crippen LogP contribution in [0.4, 0.5) is 0 Å². The highest BCUT2D eigenvalue weighted by Crippen LogP contribution is 2.05. The molecule has 0 saturated heterocycles. The van der Waals surface area contributed by atoms with Crippen molar-refractivity contribution in [2.75, 3.05) is 20.1 Å². The largest absolute Gasteiger partial charge is 0.356 e. The van der Waals surface area contributed by atoms with Gasteiger partial charge < -0.3 is 15.2 Å². The minimum Gasteiger partial charge on any atom is -0.356 e. The maximum Gasteiger partial charge on any atom is 0.226 e. The number of aryl methyl sites for hydroxylation is 2. The molecule has 2 rings (SSSR count). The van der Waals surface area contributed by atoms with Crippen molar-refractivity contribution < 1.29 is 4.52 Å². The monoisotopic (exact) mass is 464 g/mol. The molecule has 2 N–H and O–H groups in total. The molecule has 0 aromatic carbocycles. The number of halogens is 2. The van der Waals surface area contributed by atoms with E-state index in [1.807, 2.05) is 13.0 Å². The van der Waals surface area contributed by atoms with Gasteiger partial charge in [-0.05, 0) is 31.4 Å². The molecule has 0 saturated carbocycles. The Balaban J connectivity index is 0.00000288. The molecule has 0 spiro atoms. The normalized spacial score (nSPS) is 11.0. The van der Waals surface area contributed by atoms with Crippen LogP contribution in [0.5, 0.6) is 0 Å². The number of nitrogens with zero attached hydrogens (tertiary/aromatic N) is 4. The molecule has 0 aliphatic heterocycles. The second kappa shape index (κ2) is 11.2. The number of rotatable bonds is 7. The topological polar surface area (TPSA) is 88.2 Å². The molecule has 24 heavy (non-hydrogen) atoms. The highest BCUT2D eigenvalue weighted by Gasteiger charge is 2.03. The van der Waals surface area contributed by atoms with Crippen LogP contribution in [0.2, 0.25) is 5.15 Å². The summed E-state index contributed by atoms with van der Waals surface area (Å²) in [5.74, 6) is 2.11. The first-order valence-corrected chi connectivity index (χ1v) is 7.89. The fourth-order valence-electron chi connectivity index (χ4n) is 1.99. The van der Waals surface area contributed by atoms with Crippen LogP contribution in [0.3, 0.4) is 0 Å². The minimum atomic E-state index is 0. The predicted molar refractivity (Wildman–Crippen MR) is 105 cm³/mol. The Kier molecular flexibility index (Phi) is 9.62. The third-order valence-electron chi connectivity index (χ3n) is 3.15. The Morgan fingerprint density at radius 3 is 2.67 bits per heavy atom. The predicted octanol–water partition coefficient (Wildman–Crippen LogP) is 2.38. The van der Waals surface area contributed by atoms with Gasteiger partial charge in [0, 0.05) is 32.8 Å². The molecule has 0 bridgehead atoms. The standard InChI is InChI=1S/C15H21ClN6O.HI/c1-11-21-14(23-22-11)4-3-8-18-15(17-2)19-9-7-12-5-6-13(16)20-10-12;/h5-6,10H,3-4,7-9H2,1-2H3,(H2,17,18,19);1H. The maximum absolute atomic E-state index is 5.76. The van der Waals surface area contributed by atoms with Crippen molar-refractivity contribution in [3.05, 3.63) is 40.8 Å². The SMILES string of the molecule is CN=C(NCCCc1nc(C)no1)NCCc1ccc(Cl)nc1.I. The molecule has 0 fully saturated rings. The van der Waals surface area contributed by atoms with Crippen LogP contribution >= 0.6 is 35.6 Å². The Bertz CT molecular complexity index is 631. The average Bonchev–Trinajstić information content (AvgIpc) is 2.97. The molecule has 0 unspecified atom stereocenters. The van der Waals surface area contributed by atoms with E-state index in [-0.39, 0.29) is 24.0 Å². The van der Waals surface area contributed by atoms with Crippen molar-refractivity contribution in [2.45, 2.75) is 26.2 Å². The summed E-state index contributed by atoms with van der Waals surface area (Å²) >= 11 is 5.76. The van der Waals surface area contributed by atoms with Crippen molar-refractivity contribution in [3.63, 3.8) is 0 Å². The lowest BCUT2D eigenvalue weighted by Crippen LogP contribution is -2.38. The van der Waals surface area contributed by atoms with E-state index in [1.54, 1.807) is 19.3 Å². The zero-order valence-corrected chi connectivity index (χ0v) is 16.8. The zero-order valence-electron chi connectivity index (χ0n) is 13.8. The van der Waals surface area contributed by atoms with Crippen LogP contribution in [0.25, 0.3) is 0 Å². The van der Waals surface area contributed by atoms with Crippen LogP contribution in [0, 0.1) is 6.92 Å². The Hall–Kier alpha value is -1.42. The van der Waals surface area contributed by atoms with Gasteiger partial charge in [-0.1, -0.05) is 22.8 Å². The van der Waals surface area contributed by atoms with E-state index < -0.39 is 0 Å². The molecule has 2 aromatic rings. The molecule has 0 atom stereocenters. The third kappa shape index (κ3) is 7.43. The lowest BCUT2D eigenvalue weighted by molar-refractivity contribution is 0.372.